The lowest BCUT2D eigenvalue weighted by molar-refractivity contribution is 0.0794. The van der Waals surface area contributed by atoms with Crippen LogP contribution in [-0.2, 0) is 0 Å². The first kappa shape index (κ1) is 15.9. The van der Waals surface area contributed by atoms with Crippen LogP contribution in [0.3, 0.4) is 0 Å². The van der Waals surface area contributed by atoms with Gasteiger partial charge in [-0.05, 0) is 45.7 Å². The Morgan fingerprint density at radius 3 is 2.24 bits per heavy atom. The Morgan fingerprint density at radius 1 is 1.24 bits per heavy atom. The van der Waals surface area contributed by atoms with E-state index in [-0.39, 0.29) is 0 Å². The first-order chi connectivity index (χ1) is 9.82. The minimum atomic E-state index is -0.823. The summed E-state index contributed by atoms with van der Waals surface area (Å²) in [5, 5.41) is 2.81. The summed E-state index contributed by atoms with van der Waals surface area (Å²) in [5.41, 5.74) is -0.915. The second-order valence-corrected chi connectivity index (χ2v) is 6.24. The molecule has 1 fully saturated rings. The van der Waals surface area contributed by atoms with E-state index in [0.717, 1.165) is 38.1 Å². The Hall–Kier alpha value is -1.49. The van der Waals surface area contributed by atoms with Gasteiger partial charge in [-0.1, -0.05) is 6.07 Å². The average Bonchev–Trinajstić information content (AvgIpc) is 2.38. The van der Waals surface area contributed by atoms with Crippen LogP contribution in [0.4, 0.5) is 8.78 Å². The van der Waals surface area contributed by atoms with Gasteiger partial charge in [-0.25, -0.2) is 8.78 Å². The maximum atomic E-state index is 13.6. The van der Waals surface area contributed by atoms with Gasteiger partial charge in [0.15, 0.2) is 0 Å². The molecule has 1 aliphatic rings. The molecule has 1 aromatic carbocycles. The number of carbonyl (C=O) groups is 1. The first-order valence-corrected chi connectivity index (χ1v) is 7.33. The minimum absolute atomic E-state index is 0.419. The topological polar surface area (TPSA) is 32.3 Å². The molecule has 0 unspecified atom stereocenters. The number of likely N-dealkylation sites (tertiary alicyclic amines) is 1. The standard InChI is InChI=1S/C16H22F2N2O/c1-11(2)20-9-7-16(3,8-10-20)19-15(21)14-12(17)5-4-6-13(14)18/h4-6,11H,7-10H2,1-3H3,(H,19,21). The summed E-state index contributed by atoms with van der Waals surface area (Å²) in [6, 6.07) is 3.92. The van der Waals surface area contributed by atoms with E-state index < -0.39 is 28.6 Å². The predicted octanol–water partition coefficient (Wildman–Crippen LogP) is 2.96. The average molecular weight is 296 g/mol. The second kappa shape index (κ2) is 6.10. The Balaban J connectivity index is 2.06. The van der Waals surface area contributed by atoms with E-state index in [2.05, 4.69) is 24.1 Å². The van der Waals surface area contributed by atoms with Gasteiger partial charge in [0.05, 0.1) is 0 Å². The van der Waals surface area contributed by atoms with Crippen molar-refractivity contribution in [2.24, 2.45) is 0 Å². The highest BCUT2D eigenvalue weighted by atomic mass is 19.1. The van der Waals surface area contributed by atoms with E-state index in [9.17, 15) is 13.6 Å². The fourth-order valence-corrected chi connectivity index (χ4v) is 2.71. The molecule has 1 amide bonds. The number of amides is 1. The minimum Gasteiger partial charge on any atom is -0.347 e. The van der Waals surface area contributed by atoms with Crippen molar-refractivity contribution in [3.05, 3.63) is 35.4 Å². The number of hydrogen-bond donors (Lipinski definition) is 1. The summed E-state index contributed by atoms with van der Waals surface area (Å²) in [5.74, 6) is -2.32. The molecule has 1 N–H and O–H groups in total. The van der Waals surface area contributed by atoms with E-state index in [1.54, 1.807) is 0 Å². The molecule has 0 spiro atoms. The SMILES string of the molecule is CC(C)N1CCC(C)(NC(=O)c2c(F)cccc2F)CC1. The van der Waals surface area contributed by atoms with Gasteiger partial charge in [-0.15, -0.1) is 0 Å². The third-order valence-corrected chi connectivity index (χ3v) is 4.24. The molecule has 0 atom stereocenters. The highest BCUT2D eigenvalue weighted by Crippen LogP contribution is 2.24. The van der Waals surface area contributed by atoms with Crippen molar-refractivity contribution < 1.29 is 13.6 Å². The number of carbonyl (C=O) groups excluding carboxylic acids is 1. The number of piperidine rings is 1. The molecular formula is C16H22F2N2O. The van der Waals surface area contributed by atoms with Crippen LogP contribution in [0.1, 0.15) is 44.0 Å². The van der Waals surface area contributed by atoms with Gasteiger partial charge in [-0.2, -0.15) is 0 Å². The summed E-state index contributed by atoms with van der Waals surface area (Å²) in [6.45, 7) is 7.94. The number of halogens is 2. The maximum Gasteiger partial charge on any atom is 0.257 e. The van der Waals surface area contributed by atoms with Crippen LogP contribution >= 0.6 is 0 Å². The summed E-state index contributed by atoms with van der Waals surface area (Å²) in [7, 11) is 0. The van der Waals surface area contributed by atoms with Crippen molar-refractivity contribution in [1.29, 1.82) is 0 Å². The van der Waals surface area contributed by atoms with E-state index in [1.807, 2.05) is 6.92 Å². The lowest BCUT2D eigenvalue weighted by atomic mass is 9.88. The molecule has 0 bridgehead atoms. The summed E-state index contributed by atoms with van der Waals surface area (Å²) < 4.78 is 27.3. The van der Waals surface area contributed by atoms with E-state index in [1.165, 1.54) is 6.07 Å². The van der Waals surface area contributed by atoms with Crippen molar-refractivity contribution in [2.75, 3.05) is 13.1 Å². The van der Waals surface area contributed by atoms with Crippen LogP contribution in [-0.4, -0.2) is 35.5 Å². The van der Waals surface area contributed by atoms with Gasteiger partial charge in [0.25, 0.3) is 5.91 Å². The molecule has 0 aliphatic carbocycles. The molecule has 21 heavy (non-hydrogen) atoms. The molecule has 1 aliphatic heterocycles. The zero-order valence-corrected chi connectivity index (χ0v) is 12.7. The monoisotopic (exact) mass is 296 g/mol. The Morgan fingerprint density at radius 2 is 1.76 bits per heavy atom. The molecule has 0 saturated carbocycles. The lowest BCUT2D eigenvalue weighted by Crippen LogP contribution is -2.54. The molecule has 116 valence electrons. The van der Waals surface area contributed by atoms with Crippen molar-refractivity contribution in [1.82, 2.24) is 10.2 Å². The highest BCUT2D eigenvalue weighted by molar-refractivity contribution is 5.95. The van der Waals surface area contributed by atoms with Crippen LogP contribution in [0.5, 0.6) is 0 Å². The lowest BCUT2D eigenvalue weighted by Gasteiger charge is -2.41. The predicted molar refractivity (Wildman–Crippen MR) is 78.2 cm³/mol. The number of nitrogens with zero attached hydrogens (tertiary/aromatic N) is 1. The van der Waals surface area contributed by atoms with E-state index in [4.69, 9.17) is 0 Å². The van der Waals surface area contributed by atoms with Gasteiger partial charge in [-0.3, -0.25) is 4.79 Å². The van der Waals surface area contributed by atoms with E-state index in [0.29, 0.717) is 6.04 Å². The van der Waals surface area contributed by atoms with Crippen LogP contribution in [0.25, 0.3) is 0 Å². The zero-order chi connectivity index (χ0) is 15.6. The summed E-state index contributed by atoms with van der Waals surface area (Å²) in [4.78, 5) is 14.5. The maximum absolute atomic E-state index is 13.6. The molecule has 1 heterocycles. The summed E-state index contributed by atoms with van der Waals surface area (Å²) in [6.07, 6.45) is 1.54. The second-order valence-electron chi connectivity index (χ2n) is 6.24. The highest BCUT2D eigenvalue weighted by Gasteiger charge is 2.33. The van der Waals surface area contributed by atoms with Crippen molar-refractivity contribution in [3.8, 4) is 0 Å². The number of rotatable bonds is 3. The molecule has 1 saturated heterocycles. The third-order valence-electron chi connectivity index (χ3n) is 4.24. The molecule has 1 aromatic rings. The third kappa shape index (κ3) is 3.59. The van der Waals surface area contributed by atoms with Crippen LogP contribution in [0.15, 0.2) is 18.2 Å². The van der Waals surface area contributed by atoms with Crippen LogP contribution in [0.2, 0.25) is 0 Å². The Bertz CT molecular complexity index is 503. The smallest absolute Gasteiger partial charge is 0.257 e. The van der Waals surface area contributed by atoms with Gasteiger partial charge >= 0.3 is 0 Å². The fraction of sp³-hybridized carbons (Fsp3) is 0.562. The normalized spacial score (nSPS) is 18.8. The van der Waals surface area contributed by atoms with E-state index >= 15 is 0 Å². The number of benzene rings is 1. The van der Waals surface area contributed by atoms with Gasteiger partial charge in [0.2, 0.25) is 0 Å². The van der Waals surface area contributed by atoms with Gasteiger partial charge in [0, 0.05) is 24.7 Å². The fourth-order valence-electron chi connectivity index (χ4n) is 2.71. The van der Waals surface area contributed by atoms with Crippen molar-refractivity contribution >= 4 is 5.91 Å². The number of nitrogens with one attached hydrogen (secondary N) is 1. The quantitative estimate of drug-likeness (QED) is 0.930. The van der Waals surface area contributed by atoms with Crippen molar-refractivity contribution in [2.45, 2.75) is 45.2 Å². The van der Waals surface area contributed by atoms with Crippen molar-refractivity contribution in [3.63, 3.8) is 0 Å². The first-order valence-electron chi connectivity index (χ1n) is 7.33. The Labute approximate surface area is 124 Å². The molecule has 2 rings (SSSR count). The Kier molecular flexibility index (Phi) is 4.61. The molecule has 3 nitrogen and oxygen atoms in total. The number of hydrogen-bond acceptors (Lipinski definition) is 2. The van der Waals surface area contributed by atoms with Crippen LogP contribution < -0.4 is 5.32 Å². The molecule has 0 radical (unpaired) electrons. The summed E-state index contributed by atoms with van der Waals surface area (Å²) >= 11 is 0. The van der Waals surface area contributed by atoms with Gasteiger partial charge in [0.1, 0.15) is 17.2 Å². The zero-order valence-electron chi connectivity index (χ0n) is 12.7. The molecule has 5 heteroatoms. The largest absolute Gasteiger partial charge is 0.347 e. The molecule has 0 aromatic heterocycles. The molecular weight excluding hydrogens is 274 g/mol. The van der Waals surface area contributed by atoms with Gasteiger partial charge < -0.3 is 10.2 Å². The van der Waals surface area contributed by atoms with Crippen LogP contribution in [0, 0.1) is 11.6 Å².